The second-order valence-electron chi connectivity index (χ2n) is 8.33. The smallest absolute Gasteiger partial charge is 0.244 e. The van der Waals surface area contributed by atoms with E-state index in [1.54, 1.807) is 25.1 Å². The molecule has 0 saturated carbocycles. The van der Waals surface area contributed by atoms with Crippen molar-refractivity contribution in [3.05, 3.63) is 63.6 Å². The Hall–Kier alpha value is -2.43. The number of sulfonamides is 1. The predicted molar refractivity (Wildman–Crippen MR) is 138 cm³/mol. The van der Waals surface area contributed by atoms with Crippen molar-refractivity contribution < 1.29 is 26.8 Å². The van der Waals surface area contributed by atoms with E-state index < -0.39 is 46.1 Å². The highest BCUT2D eigenvalue weighted by molar-refractivity contribution is 7.92. The summed E-state index contributed by atoms with van der Waals surface area (Å²) < 4.78 is 53.0. The van der Waals surface area contributed by atoms with Crippen molar-refractivity contribution in [2.45, 2.75) is 52.2 Å². The van der Waals surface area contributed by atoms with Crippen LogP contribution in [0.5, 0.6) is 0 Å². The molecule has 0 radical (unpaired) electrons. The lowest BCUT2D eigenvalue weighted by Crippen LogP contribution is -2.53. The molecular weight excluding hydrogens is 535 g/mol. The average molecular weight is 564 g/mol. The zero-order chi connectivity index (χ0) is 27.2. The van der Waals surface area contributed by atoms with E-state index >= 15 is 0 Å². The van der Waals surface area contributed by atoms with E-state index in [-0.39, 0.29) is 34.7 Å². The molecule has 0 saturated heterocycles. The zero-order valence-corrected chi connectivity index (χ0v) is 22.7. The van der Waals surface area contributed by atoms with Crippen LogP contribution in [0, 0.1) is 11.6 Å². The van der Waals surface area contributed by atoms with Crippen LogP contribution in [-0.4, -0.2) is 50.0 Å². The minimum atomic E-state index is -4.10. The van der Waals surface area contributed by atoms with Crippen molar-refractivity contribution in [2.24, 2.45) is 0 Å². The van der Waals surface area contributed by atoms with Crippen LogP contribution >= 0.6 is 23.2 Å². The van der Waals surface area contributed by atoms with Gasteiger partial charge in [-0.1, -0.05) is 43.1 Å². The van der Waals surface area contributed by atoms with Gasteiger partial charge in [0, 0.05) is 34.3 Å². The number of nitrogens with zero attached hydrogens (tertiary/aromatic N) is 2. The number of hydrogen-bond donors (Lipinski definition) is 1. The Bertz CT molecular complexity index is 1190. The Balaban J connectivity index is 2.52. The van der Waals surface area contributed by atoms with Gasteiger partial charge in [-0.25, -0.2) is 17.2 Å². The molecule has 2 amide bonds. The molecule has 0 fully saturated rings. The Morgan fingerprint density at radius 1 is 1.03 bits per heavy atom. The molecule has 2 atom stereocenters. The van der Waals surface area contributed by atoms with Crippen LogP contribution in [-0.2, 0) is 26.2 Å². The number of benzene rings is 2. The van der Waals surface area contributed by atoms with E-state index in [0.717, 1.165) is 18.4 Å². The molecule has 0 aliphatic heterocycles. The average Bonchev–Trinajstić information content (AvgIpc) is 2.80. The van der Waals surface area contributed by atoms with Gasteiger partial charge in [0.25, 0.3) is 0 Å². The van der Waals surface area contributed by atoms with Gasteiger partial charge in [-0.2, -0.15) is 0 Å². The van der Waals surface area contributed by atoms with Crippen molar-refractivity contribution in [3.8, 4) is 0 Å². The van der Waals surface area contributed by atoms with Crippen LogP contribution in [0.1, 0.15) is 39.2 Å². The topological polar surface area (TPSA) is 86.8 Å². The van der Waals surface area contributed by atoms with Crippen molar-refractivity contribution in [1.29, 1.82) is 0 Å². The summed E-state index contributed by atoms with van der Waals surface area (Å²) in [6, 6.07) is 6.14. The summed E-state index contributed by atoms with van der Waals surface area (Å²) in [5.41, 5.74) is 0.139. The van der Waals surface area contributed by atoms with Gasteiger partial charge in [-0.15, -0.1) is 0 Å². The van der Waals surface area contributed by atoms with Crippen molar-refractivity contribution >= 4 is 50.7 Å². The Kier molecular flexibility index (Phi) is 10.5. The highest BCUT2D eigenvalue weighted by Gasteiger charge is 2.33. The number of anilines is 1. The van der Waals surface area contributed by atoms with Crippen LogP contribution in [0.15, 0.2) is 36.4 Å². The van der Waals surface area contributed by atoms with Gasteiger partial charge in [-0.05, 0) is 44.0 Å². The van der Waals surface area contributed by atoms with Crippen LogP contribution in [0.4, 0.5) is 14.5 Å². The first-order valence-electron chi connectivity index (χ1n) is 11.3. The summed E-state index contributed by atoms with van der Waals surface area (Å²) in [5.74, 6) is -3.62. The van der Waals surface area contributed by atoms with Crippen LogP contribution in [0.2, 0.25) is 10.0 Å². The number of nitrogens with one attached hydrogen (secondary N) is 1. The largest absolute Gasteiger partial charge is 0.352 e. The number of halogens is 4. The number of rotatable bonds is 11. The molecule has 7 nitrogen and oxygen atoms in total. The fourth-order valence-electron chi connectivity index (χ4n) is 3.47. The van der Waals surface area contributed by atoms with E-state index in [1.807, 2.05) is 13.8 Å². The summed E-state index contributed by atoms with van der Waals surface area (Å²) in [7, 11) is -4.10. The Morgan fingerprint density at radius 2 is 1.64 bits per heavy atom. The van der Waals surface area contributed by atoms with E-state index in [9.17, 15) is 26.8 Å². The zero-order valence-electron chi connectivity index (χ0n) is 20.4. The molecule has 0 unspecified atom stereocenters. The van der Waals surface area contributed by atoms with Crippen molar-refractivity contribution in [3.63, 3.8) is 0 Å². The summed E-state index contributed by atoms with van der Waals surface area (Å²) in [5, 5.41) is 3.36. The minimum absolute atomic E-state index is 0.165. The Labute approximate surface area is 220 Å². The number of amides is 2. The monoisotopic (exact) mass is 563 g/mol. The number of carbonyl (C=O) groups is 2. The van der Waals surface area contributed by atoms with E-state index in [1.165, 1.54) is 4.90 Å². The first-order valence-corrected chi connectivity index (χ1v) is 13.9. The quantitative estimate of drug-likeness (QED) is 0.427. The number of hydrogen-bond acceptors (Lipinski definition) is 4. The molecule has 36 heavy (non-hydrogen) atoms. The summed E-state index contributed by atoms with van der Waals surface area (Å²) in [4.78, 5) is 27.9. The maximum atomic E-state index is 13.9. The summed E-state index contributed by atoms with van der Waals surface area (Å²) >= 11 is 12.6. The minimum Gasteiger partial charge on any atom is -0.352 e. The molecule has 12 heteroatoms. The lowest BCUT2D eigenvalue weighted by molar-refractivity contribution is -0.140. The van der Waals surface area contributed by atoms with Crippen LogP contribution in [0.25, 0.3) is 0 Å². The highest BCUT2D eigenvalue weighted by Crippen LogP contribution is 2.28. The lowest BCUT2D eigenvalue weighted by Gasteiger charge is -2.33. The molecule has 0 spiro atoms. The molecule has 0 aromatic heterocycles. The first kappa shape index (κ1) is 29.8. The third kappa shape index (κ3) is 7.54. The van der Waals surface area contributed by atoms with E-state index in [2.05, 4.69) is 5.32 Å². The van der Waals surface area contributed by atoms with Gasteiger partial charge in [0.05, 0.1) is 11.9 Å². The molecule has 0 bridgehead atoms. The maximum Gasteiger partial charge on any atom is 0.244 e. The third-order valence-electron chi connectivity index (χ3n) is 5.65. The van der Waals surface area contributed by atoms with E-state index in [4.69, 9.17) is 23.2 Å². The van der Waals surface area contributed by atoms with Gasteiger partial charge in [0.2, 0.25) is 21.8 Å². The Morgan fingerprint density at radius 3 is 2.14 bits per heavy atom. The normalized spacial score (nSPS) is 13.1. The predicted octanol–water partition coefficient (Wildman–Crippen LogP) is 4.76. The van der Waals surface area contributed by atoms with Crippen LogP contribution in [0.3, 0.4) is 0 Å². The molecule has 1 N–H and O–H groups in total. The van der Waals surface area contributed by atoms with Gasteiger partial charge in [0.15, 0.2) is 11.6 Å². The second kappa shape index (κ2) is 12.7. The first-order chi connectivity index (χ1) is 16.8. The van der Waals surface area contributed by atoms with Crippen molar-refractivity contribution in [1.82, 2.24) is 10.2 Å². The number of carbonyl (C=O) groups excluding carboxylic acids is 2. The molecule has 2 rings (SSSR count). The molecule has 0 heterocycles. The summed E-state index contributed by atoms with van der Waals surface area (Å²) in [6.07, 6.45) is 1.70. The van der Waals surface area contributed by atoms with Crippen LogP contribution < -0.4 is 9.62 Å². The second-order valence-corrected chi connectivity index (χ2v) is 11.1. The SMILES string of the molecule is CC[C@H](C)NC(=O)[C@H](CC)N(Cc1c(Cl)cccc1Cl)C(=O)CN(c1ccc(F)c(F)c1)S(C)(=O)=O. The lowest BCUT2D eigenvalue weighted by atomic mass is 10.1. The molecular formula is C24H29Cl2F2N3O4S. The van der Waals surface area contributed by atoms with Gasteiger partial charge in [0.1, 0.15) is 12.6 Å². The standard InChI is InChI=1S/C24H29Cl2F2N3O4S/c1-5-15(3)29-24(33)22(6-2)30(13-17-18(25)8-7-9-19(17)26)23(32)14-31(36(4,34)35)16-10-11-20(27)21(28)12-16/h7-12,15,22H,5-6,13-14H2,1-4H3,(H,29,33)/t15-,22-/m0/s1. The molecule has 0 aliphatic carbocycles. The maximum absolute atomic E-state index is 13.9. The summed E-state index contributed by atoms with van der Waals surface area (Å²) in [6.45, 7) is 4.47. The molecule has 2 aromatic carbocycles. The molecule has 2 aromatic rings. The van der Waals surface area contributed by atoms with E-state index in [0.29, 0.717) is 22.4 Å². The molecule has 0 aliphatic rings. The van der Waals surface area contributed by atoms with Crippen molar-refractivity contribution in [2.75, 3.05) is 17.1 Å². The van der Waals surface area contributed by atoms with Gasteiger partial charge < -0.3 is 10.2 Å². The van der Waals surface area contributed by atoms with Gasteiger partial charge in [-0.3, -0.25) is 13.9 Å². The van der Waals surface area contributed by atoms with Gasteiger partial charge >= 0.3 is 0 Å². The third-order valence-corrected chi connectivity index (χ3v) is 7.50. The fourth-order valence-corrected chi connectivity index (χ4v) is 4.83. The fraction of sp³-hybridized carbons (Fsp3) is 0.417. The highest BCUT2D eigenvalue weighted by atomic mass is 35.5. The molecule has 198 valence electrons.